The Balaban J connectivity index is 0.000000505. The van der Waals surface area contributed by atoms with Gasteiger partial charge in [0.15, 0.2) is 55.3 Å². The summed E-state index contributed by atoms with van der Waals surface area (Å²) in [5, 5.41) is 14.9. The average molecular weight is 1340 g/mol. The first-order chi connectivity index (χ1) is 41.3. The molecule has 0 aliphatic carbocycles. The summed E-state index contributed by atoms with van der Waals surface area (Å²) in [5.74, 6) is -8.08. The van der Waals surface area contributed by atoms with E-state index in [0.29, 0.717) is 5.75 Å². The van der Waals surface area contributed by atoms with Gasteiger partial charge in [0.05, 0.1) is 12.2 Å². The van der Waals surface area contributed by atoms with Gasteiger partial charge in [0.1, 0.15) is 49.0 Å². The van der Waals surface area contributed by atoms with Gasteiger partial charge in [-0.2, -0.15) is 5.09 Å². The molecule has 0 bridgehead atoms. The highest BCUT2D eigenvalue weighted by molar-refractivity contribution is 7.84. The molecule has 0 radical (unpaired) electrons. The highest BCUT2D eigenvalue weighted by atomic mass is 35.7. The Kier molecular flexibility index (Phi) is 32.8. The standard InChI is InChI=1S/C27H37FNO14P.C15H21FO10.C12H17ClNO4P/c1-14(2)37-26(34)15(3)29-44(35,42-20-11-9-8-10-12-20)43-27-25(40-19(7)33)24(39-18(6)32)23(38-17(5)31)22(41-27)21(28)13-36-16(4)30;1-6(17)22-5-10(16)11-12(23-7(2)18)13(24-8(3)19)14(15(21)26-11)25-9(4)20;1-9(2)17-12(15)10(3)14-19(13,16)18-11-7-5-4-6-8-11/h8-12,14-15,21-25,27H,13H2,1-7H3,(H,29,35);10-15,21H,5H2,1-4H3;4-10H,1-3H3,(H,14,16)/t15-,21-,22?,23+,24?,25+,27-,44?;10-,11?,12+,13?,14+,15?;10-,19?/m000/s1. The van der Waals surface area contributed by atoms with Gasteiger partial charge in [0, 0.05) is 66.6 Å². The zero-order chi connectivity index (χ0) is 67.7. The molecule has 30 nitrogen and oxygen atoms in total. The van der Waals surface area contributed by atoms with Crippen LogP contribution in [0.1, 0.15) is 96.9 Å². The van der Waals surface area contributed by atoms with Crippen LogP contribution in [0, 0.1) is 0 Å². The number of hydrogen-bond acceptors (Lipinski definition) is 28. The average Bonchev–Trinajstić information content (AvgIpc) is 0.849. The molecule has 4 rings (SSSR count). The number of hydrogen-bond donors (Lipinski definition) is 3. The number of para-hydroxylation sites is 2. The van der Waals surface area contributed by atoms with Gasteiger partial charge >= 0.3 is 74.3 Å². The van der Waals surface area contributed by atoms with Gasteiger partial charge < -0.3 is 71.0 Å². The Bertz CT molecular complexity index is 2790. The number of aliphatic hydroxyl groups excluding tert-OH is 1. The van der Waals surface area contributed by atoms with Gasteiger partial charge in [0.2, 0.25) is 6.29 Å². The lowest BCUT2D eigenvalue weighted by Gasteiger charge is -2.45. The summed E-state index contributed by atoms with van der Waals surface area (Å²) in [6.45, 7) is 12.3. The fourth-order valence-corrected chi connectivity index (χ4v) is 10.9. The summed E-state index contributed by atoms with van der Waals surface area (Å²) in [6.07, 6.45) is -22.6. The Morgan fingerprint density at radius 2 is 0.831 bits per heavy atom. The lowest BCUT2D eigenvalue weighted by atomic mass is 9.95. The summed E-state index contributed by atoms with van der Waals surface area (Å²) in [7, 11) is -4.76. The van der Waals surface area contributed by atoms with E-state index in [2.05, 4.69) is 14.9 Å². The molecule has 2 heterocycles. The Morgan fingerprint density at radius 3 is 1.21 bits per heavy atom. The molecule has 2 aliphatic rings. The fourth-order valence-electron chi connectivity index (χ4n) is 7.60. The number of ether oxygens (including phenoxy) is 12. The largest absolute Gasteiger partial charge is 0.463 e. The molecule has 2 aromatic rings. The molecule has 7 unspecified atom stereocenters. The van der Waals surface area contributed by atoms with Crippen molar-refractivity contribution in [3.05, 3.63) is 60.7 Å². The number of nitrogens with one attached hydrogen (secondary N) is 2. The first kappa shape index (κ1) is 78.2. The molecule has 0 spiro atoms. The molecule has 2 aliphatic heterocycles. The molecule has 0 amide bonds. The van der Waals surface area contributed by atoms with Crippen LogP contribution in [0.5, 0.6) is 11.5 Å². The summed E-state index contributed by atoms with van der Waals surface area (Å²) >= 11 is 5.76. The van der Waals surface area contributed by atoms with E-state index in [1.54, 1.807) is 76.2 Å². The Labute approximate surface area is 515 Å². The molecule has 16 atom stereocenters. The second-order valence-corrected chi connectivity index (χ2v) is 24.0. The normalized spacial score (nSPS) is 23.8. The molecular weight excluding hydrogens is 1260 g/mol. The molecule has 2 saturated heterocycles. The van der Waals surface area contributed by atoms with Gasteiger partial charge in [-0.1, -0.05) is 36.4 Å². The van der Waals surface area contributed by atoms with Gasteiger partial charge in [-0.3, -0.25) is 52.5 Å². The molecule has 0 aromatic heterocycles. The third-order valence-corrected chi connectivity index (χ3v) is 14.1. The quantitative estimate of drug-likeness (QED) is 0.0612. The molecule has 500 valence electrons. The van der Waals surface area contributed by atoms with Crippen molar-refractivity contribution in [2.24, 2.45) is 0 Å². The Hall–Kier alpha value is -6.89. The summed E-state index contributed by atoms with van der Waals surface area (Å²) in [6, 6.07) is 13.9. The van der Waals surface area contributed by atoms with Crippen molar-refractivity contribution in [1.82, 2.24) is 10.2 Å². The van der Waals surface area contributed by atoms with Crippen LogP contribution in [-0.2, 0) is 118 Å². The lowest BCUT2D eigenvalue weighted by Crippen LogP contribution is -2.64. The van der Waals surface area contributed by atoms with Crippen LogP contribution in [0.4, 0.5) is 8.78 Å². The maximum atomic E-state index is 15.6. The third kappa shape index (κ3) is 29.1. The second kappa shape index (κ2) is 37.3. The van der Waals surface area contributed by atoms with Gasteiger partial charge in [0.25, 0.3) is 0 Å². The second-order valence-electron chi connectivity index (χ2n) is 19.6. The van der Waals surface area contributed by atoms with E-state index in [0.717, 1.165) is 55.4 Å². The number of rotatable bonds is 26. The van der Waals surface area contributed by atoms with E-state index in [-0.39, 0.29) is 11.9 Å². The monoisotopic (exact) mass is 1330 g/mol. The molecule has 35 heteroatoms. The summed E-state index contributed by atoms with van der Waals surface area (Å²) < 4.78 is 134. The topological polar surface area (TPSA) is 388 Å². The van der Waals surface area contributed by atoms with Crippen LogP contribution in [0.15, 0.2) is 60.7 Å². The van der Waals surface area contributed by atoms with Crippen LogP contribution < -0.4 is 19.2 Å². The van der Waals surface area contributed by atoms with Crippen molar-refractivity contribution < 1.29 is 141 Å². The van der Waals surface area contributed by atoms with E-state index in [4.69, 9.17) is 76.9 Å². The van der Waals surface area contributed by atoms with Crippen molar-refractivity contribution in [2.45, 2.75) is 195 Å². The third-order valence-electron chi connectivity index (χ3n) is 10.8. The smallest absolute Gasteiger partial charge is 0.461 e. The molecule has 0 saturated carbocycles. The number of benzene rings is 2. The predicted molar refractivity (Wildman–Crippen MR) is 300 cm³/mol. The predicted octanol–water partition coefficient (Wildman–Crippen LogP) is 5.28. The van der Waals surface area contributed by atoms with Crippen LogP contribution in [0.25, 0.3) is 0 Å². The molecule has 2 fully saturated rings. The number of halogens is 3. The van der Waals surface area contributed by atoms with E-state index >= 15 is 4.39 Å². The van der Waals surface area contributed by atoms with Crippen molar-refractivity contribution in [2.75, 3.05) is 13.2 Å². The molecule has 2 aromatic carbocycles. The number of carbonyl (C=O) groups is 10. The van der Waals surface area contributed by atoms with E-state index < -0.39 is 179 Å². The molecule has 89 heavy (non-hydrogen) atoms. The zero-order valence-corrected chi connectivity index (χ0v) is 53.5. The van der Waals surface area contributed by atoms with Crippen LogP contribution in [0.2, 0.25) is 0 Å². The number of esters is 10. The fraction of sp³-hybridized carbons (Fsp3) is 0.593. The van der Waals surface area contributed by atoms with Crippen molar-refractivity contribution in [3.63, 3.8) is 0 Å². The SMILES string of the molecule is CC(=O)OC[C@H](F)C1OC(O)[C@H](OC(C)=O)C(OC(C)=O)[C@@H]1OC(C)=O.CC(=O)OC[C@H](F)C1O[C@@H](OP(=O)(N[C@@H](C)C(=O)OC(C)C)Oc2ccccc2)[C@H](OC(C)=O)C(OC(C)=O)[C@@H]1OC(C)=O.CC(C)OC(=O)[C@H](C)NP(=O)(Cl)Oc1ccccc1. The minimum Gasteiger partial charge on any atom is -0.463 e. The van der Waals surface area contributed by atoms with Crippen molar-refractivity contribution >= 4 is 85.6 Å². The number of alkyl halides is 2. The van der Waals surface area contributed by atoms with Crippen LogP contribution in [-0.4, -0.2) is 176 Å². The minimum absolute atomic E-state index is 0.00305. The highest BCUT2D eigenvalue weighted by Gasteiger charge is 2.58. The van der Waals surface area contributed by atoms with Gasteiger partial charge in [-0.25, -0.2) is 23.0 Å². The van der Waals surface area contributed by atoms with Crippen molar-refractivity contribution in [1.29, 1.82) is 0 Å². The van der Waals surface area contributed by atoms with Gasteiger partial charge in [-0.15, -0.1) is 0 Å². The van der Waals surface area contributed by atoms with E-state index in [1.165, 1.54) is 26.0 Å². The Morgan fingerprint density at radius 1 is 0.494 bits per heavy atom. The number of carbonyl (C=O) groups excluding carboxylic acids is 10. The maximum Gasteiger partial charge on any atom is 0.461 e. The van der Waals surface area contributed by atoms with Crippen LogP contribution >= 0.6 is 25.9 Å². The first-order valence-corrected chi connectivity index (χ1v) is 31.0. The van der Waals surface area contributed by atoms with E-state index in [1.807, 2.05) is 0 Å². The molecular formula is C54H75ClF2N2O28P2. The van der Waals surface area contributed by atoms with Crippen molar-refractivity contribution in [3.8, 4) is 11.5 Å². The summed E-state index contributed by atoms with van der Waals surface area (Å²) in [5.41, 5.74) is 0. The minimum atomic E-state index is -4.76. The maximum absolute atomic E-state index is 15.6. The van der Waals surface area contributed by atoms with E-state index in [9.17, 15) is 66.6 Å². The zero-order valence-electron chi connectivity index (χ0n) is 50.9. The van der Waals surface area contributed by atoms with Crippen LogP contribution in [0.3, 0.4) is 0 Å². The lowest BCUT2D eigenvalue weighted by molar-refractivity contribution is -0.301. The first-order valence-electron chi connectivity index (χ1n) is 26.9. The van der Waals surface area contributed by atoms with Gasteiger partial charge in [-0.05, 0) is 65.8 Å². The summed E-state index contributed by atoms with van der Waals surface area (Å²) in [4.78, 5) is 117. The molecule has 3 N–H and O–H groups in total. The highest BCUT2D eigenvalue weighted by Crippen LogP contribution is 2.50. The number of aliphatic hydroxyl groups is 1.